The van der Waals surface area contributed by atoms with Crippen molar-refractivity contribution in [3.63, 3.8) is 0 Å². The standard InChI is InChI=1S/C16H16BrClN2/c17-14-9-13(10-18)16(19-11-14)20-8-4-3-6-12-5-1-2-7-15(12)20/h1-2,5,7,9,11H,3-4,6,8,10H2. The van der Waals surface area contributed by atoms with Crippen LogP contribution >= 0.6 is 27.5 Å². The molecule has 1 aromatic carbocycles. The SMILES string of the molecule is ClCc1cc(Br)cnc1N1CCCCc2ccccc21. The monoisotopic (exact) mass is 350 g/mol. The highest BCUT2D eigenvalue weighted by atomic mass is 79.9. The number of nitrogens with zero attached hydrogens (tertiary/aromatic N) is 2. The third-order valence-corrected chi connectivity index (χ3v) is 4.39. The molecule has 0 saturated carbocycles. The second kappa shape index (κ2) is 6.15. The van der Waals surface area contributed by atoms with E-state index in [0.717, 1.165) is 28.8 Å². The first-order chi connectivity index (χ1) is 9.79. The number of rotatable bonds is 2. The zero-order valence-electron chi connectivity index (χ0n) is 11.1. The topological polar surface area (TPSA) is 16.1 Å². The molecular formula is C16H16BrClN2. The second-order valence-corrected chi connectivity index (χ2v) is 6.19. The third kappa shape index (κ3) is 2.70. The molecular weight excluding hydrogens is 336 g/mol. The minimum absolute atomic E-state index is 0.473. The molecule has 2 aromatic rings. The molecule has 1 aromatic heterocycles. The van der Waals surface area contributed by atoms with E-state index in [1.165, 1.54) is 24.1 Å². The third-order valence-electron chi connectivity index (χ3n) is 3.67. The Balaban J connectivity index is 2.10. The van der Waals surface area contributed by atoms with Gasteiger partial charge >= 0.3 is 0 Å². The predicted molar refractivity (Wildman–Crippen MR) is 87.9 cm³/mol. The van der Waals surface area contributed by atoms with Gasteiger partial charge in [0.1, 0.15) is 5.82 Å². The van der Waals surface area contributed by atoms with Gasteiger partial charge in [-0.2, -0.15) is 0 Å². The van der Waals surface area contributed by atoms with Crippen LogP contribution in [0.3, 0.4) is 0 Å². The van der Waals surface area contributed by atoms with Crippen LogP contribution in [-0.4, -0.2) is 11.5 Å². The highest BCUT2D eigenvalue weighted by Crippen LogP contribution is 2.34. The molecule has 0 amide bonds. The van der Waals surface area contributed by atoms with Gasteiger partial charge in [0.05, 0.1) is 5.88 Å². The van der Waals surface area contributed by atoms with Crippen LogP contribution < -0.4 is 4.90 Å². The number of fused-ring (bicyclic) bond motifs is 1. The summed E-state index contributed by atoms with van der Waals surface area (Å²) < 4.78 is 0.972. The van der Waals surface area contributed by atoms with E-state index in [9.17, 15) is 0 Å². The molecule has 2 heterocycles. The maximum Gasteiger partial charge on any atom is 0.137 e. The van der Waals surface area contributed by atoms with Crippen LogP contribution in [0.25, 0.3) is 0 Å². The Kier molecular flexibility index (Phi) is 4.27. The molecule has 0 saturated heterocycles. The molecule has 0 N–H and O–H groups in total. The summed E-state index contributed by atoms with van der Waals surface area (Å²) in [6.45, 7) is 0.996. The number of halogens is 2. The molecule has 20 heavy (non-hydrogen) atoms. The van der Waals surface area contributed by atoms with Crippen LogP contribution in [0.15, 0.2) is 41.0 Å². The van der Waals surface area contributed by atoms with Crippen LogP contribution in [0.4, 0.5) is 11.5 Å². The van der Waals surface area contributed by atoms with Crippen molar-refractivity contribution in [2.75, 3.05) is 11.4 Å². The Labute approximate surface area is 132 Å². The first kappa shape index (κ1) is 13.9. The van der Waals surface area contributed by atoms with E-state index in [1.54, 1.807) is 0 Å². The average Bonchev–Trinajstić information content (AvgIpc) is 2.69. The number of alkyl halides is 1. The van der Waals surface area contributed by atoms with Gasteiger partial charge in [-0.15, -0.1) is 11.6 Å². The molecule has 104 valence electrons. The highest BCUT2D eigenvalue weighted by Gasteiger charge is 2.19. The fourth-order valence-electron chi connectivity index (χ4n) is 2.73. The van der Waals surface area contributed by atoms with Crippen molar-refractivity contribution >= 4 is 39.0 Å². The molecule has 3 rings (SSSR count). The predicted octanol–water partition coefficient (Wildman–Crippen LogP) is 5.06. The van der Waals surface area contributed by atoms with Gasteiger partial charge in [-0.05, 0) is 52.9 Å². The van der Waals surface area contributed by atoms with E-state index in [0.29, 0.717) is 5.88 Å². The summed E-state index contributed by atoms with van der Waals surface area (Å²) in [7, 11) is 0. The summed E-state index contributed by atoms with van der Waals surface area (Å²) in [6, 6.07) is 10.7. The number of para-hydroxylation sites is 1. The van der Waals surface area contributed by atoms with Crippen molar-refractivity contribution in [1.82, 2.24) is 4.98 Å². The number of hydrogen-bond acceptors (Lipinski definition) is 2. The van der Waals surface area contributed by atoms with Crippen LogP contribution in [-0.2, 0) is 12.3 Å². The summed E-state index contributed by atoms with van der Waals surface area (Å²) in [4.78, 5) is 6.92. The van der Waals surface area contributed by atoms with Gasteiger partial charge in [0.25, 0.3) is 0 Å². The van der Waals surface area contributed by atoms with Crippen LogP contribution in [0.5, 0.6) is 0 Å². The smallest absolute Gasteiger partial charge is 0.137 e. The maximum absolute atomic E-state index is 6.10. The Bertz CT molecular complexity index is 615. The molecule has 0 bridgehead atoms. The van der Waals surface area contributed by atoms with Gasteiger partial charge in [0, 0.05) is 28.5 Å². The van der Waals surface area contributed by atoms with E-state index in [2.05, 4.69) is 56.1 Å². The van der Waals surface area contributed by atoms with E-state index in [-0.39, 0.29) is 0 Å². The van der Waals surface area contributed by atoms with Crippen molar-refractivity contribution in [3.05, 3.63) is 52.1 Å². The summed E-state index contributed by atoms with van der Waals surface area (Å²) >= 11 is 9.57. The van der Waals surface area contributed by atoms with E-state index in [1.807, 2.05) is 6.20 Å². The first-order valence-electron chi connectivity index (χ1n) is 6.85. The Morgan fingerprint density at radius 1 is 1.25 bits per heavy atom. The lowest BCUT2D eigenvalue weighted by molar-refractivity contribution is 0.756. The quantitative estimate of drug-likeness (QED) is 0.703. The van der Waals surface area contributed by atoms with Gasteiger partial charge in [0.15, 0.2) is 0 Å². The van der Waals surface area contributed by atoms with Crippen molar-refractivity contribution in [1.29, 1.82) is 0 Å². The Morgan fingerprint density at radius 2 is 2.10 bits per heavy atom. The largest absolute Gasteiger partial charge is 0.326 e. The number of hydrogen-bond donors (Lipinski definition) is 0. The molecule has 0 atom stereocenters. The van der Waals surface area contributed by atoms with Gasteiger partial charge in [0.2, 0.25) is 0 Å². The number of pyridine rings is 1. The minimum Gasteiger partial charge on any atom is -0.326 e. The van der Waals surface area contributed by atoms with E-state index >= 15 is 0 Å². The van der Waals surface area contributed by atoms with Crippen molar-refractivity contribution in [3.8, 4) is 0 Å². The first-order valence-corrected chi connectivity index (χ1v) is 8.18. The molecule has 0 spiro atoms. The molecule has 1 aliphatic rings. The van der Waals surface area contributed by atoms with Crippen LogP contribution in [0.1, 0.15) is 24.0 Å². The highest BCUT2D eigenvalue weighted by molar-refractivity contribution is 9.10. The Morgan fingerprint density at radius 3 is 2.95 bits per heavy atom. The average molecular weight is 352 g/mol. The molecule has 2 nitrogen and oxygen atoms in total. The van der Waals surface area contributed by atoms with Gasteiger partial charge in [-0.25, -0.2) is 4.98 Å². The fraction of sp³-hybridized carbons (Fsp3) is 0.312. The fourth-order valence-corrected chi connectivity index (χ4v) is 3.30. The lowest BCUT2D eigenvalue weighted by atomic mass is 10.1. The van der Waals surface area contributed by atoms with Crippen molar-refractivity contribution in [2.45, 2.75) is 25.1 Å². The Hall–Kier alpha value is -1.06. The van der Waals surface area contributed by atoms with Crippen LogP contribution in [0, 0.1) is 0 Å². The summed E-state index contributed by atoms with van der Waals surface area (Å²) in [5.74, 6) is 1.46. The van der Waals surface area contributed by atoms with Crippen LogP contribution in [0.2, 0.25) is 0 Å². The summed E-state index contributed by atoms with van der Waals surface area (Å²) in [6.07, 6.45) is 5.38. The minimum atomic E-state index is 0.473. The molecule has 1 aliphatic heterocycles. The summed E-state index contributed by atoms with van der Waals surface area (Å²) in [5.41, 5.74) is 3.74. The van der Waals surface area contributed by atoms with Gasteiger partial charge in [-0.1, -0.05) is 18.2 Å². The lowest BCUT2D eigenvalue weighted by Crippen LogP contribution is -2.20. The molecule has 0 radical (unpaired) electrons. The maximum atomic E-state index is 6.10. The van der Waals surface area contributed by atoms with Gasteiger partial charge in [-0.3, -0.25) is 0 Å². The lowest BCUT2D eigenvalue weighted by Gasteiger charge is -2.25. The number of aromatic nitrogens is 1. The zero-order chi connectivity index (χ0) is 13.9. The van der Waals surface area contributed by atoms with Crippen molar-refractivity contribution in [2.24, 2.45) is 0 Å². The van der Waals surface area contributed by atoms with Crippen molar-refractivity contribution < 1.29 is 0 Å². The molecule has 0 aliphatic carbocycles. The second-order valence-electron chi connectivity index (χ2n) is 5.01. The van der Waals surface area contributed by atoms with E-state index < -0.39 is 0 Å². The van der Waals surface area contributed by atoms with E-state index in [4.69, 9.17) is 11.6 Å². The molecule has 0 fully saturated rings. The zero-order valence-corrected chi connectivity index (χ0v) is 13.5. The normalized spacial score (nSPS) is 14.8. The molecule has 4 heteroatoms. The number of anilines is 2. The number of benzene rings is 1. The molecule has 0 unspecified atom stereocenters. The van der Waals surface area contributed by atoms with Gasteiger partial charge < -0.3 is 4.90 Å². The summed E-state index contributed by atoms with van der Waals surface area (Å²) in [5, 5.41) is 0. The number of aryl methyl sites for hydroxylation is 1.